The zero-order valence-electron chi connectivity index (χ0n) is 23.1. The highest BCUT2D eigenvalue weighted by Gasteiger charge is 2.30. The number of nitrogens with zero attached hydrogens (tertiary/aromatic N) is 2. The number of Topliss-reactive ketones (excluding diaryl/α,β-unsaturated/α-hetero) is 1. The van der Waals surface area contributed by atoms with Crippen LogP contribution in [0.15, 0.2) is 24.3 Å². The fourth-order valence-corrected chi connectivity index (χ4v) is 4.37. The lowest BCUT2D eigenvalue weighted by Crippen LogP contribution is -2.30. The summed E-state index contributed by atoms with van der Waals surface area (Å²) in [4.78, 5) is 29.6. The summed E-state index contributed by atoms with van der Waals surface area (Å²) < 4.78 is 11.7. The van der Waals surface area contributed by atoms with Crippen molar-refractivity contribution in [3.8, 4) is 11.5 Å². The van der Waals surface area contributed by atoms with Gasteiger partial charge < -0.3 is 24.6 Å². The van der Waals surface area contributed by atoms with E-state index in [2.05, 4.69) is 26.1 Å². The molecule has 0 bridgehead atoms. The number of nitrogens with one attached hydrogen (secondary N) is 2. The van der Waals surface area contributed by atoms with Gasteiger partial charge in [0, 0.05) is 44.4 Å². The quantitative estimate of drug-likeness (QED) is 0.417. The number of halogens is 1. The molecule has 0 aliphatic carbocycles. The van der Waals surface area contributed by atoms with Gasteiger partial charge in [-0.3, -0.25) is 15.0 Å². The number of rotatable bonds is 9. The number of amides is 1. The first kappa shape index (κ1) is 30.2. The van der Waals surface area contributed by atoms with E-state index in [0.29, 0.717) is 42.2 Å². The third-order valence-corrected chi connectivity index (χ3v) is 6.21. The monoisotopic (exact) mass is 574 g/mol. The lowest BCUT2D eigenvalue weighted by molar-refractivity contribution is 0.0953. The molecule has 1 heterocycles. The maximum absolute atomic E-state index is 13.5. The average molecular weight is 576 g/mol. The van der Waals surface area contributed by atoms with Gasteiger partial charge in [-0.05, 0) is 49.1 Å². The summed E-state index contributed by atoms with van der Waals surface area (Å²) in [5, 5.41) is 11.3. The molecule has 2 aromatic rings. The van der Waals surface area contributed by atoms with E-state index in [1.54, 1.807) is 24.1 Å². The minimum absolute atomic E-state index is 0. The maximum atomic E-state index is 13.5. The van der Waals surface area contributed by atoms with E-state index in [4.69, 9.17) is 14.9 Å². The molecule has 0 radical (unpaired) electrons. The predicted molar refractivity (Wildman–Crippen MR) is 154 cm³/mol. The highest BCUT2D eigenvalue weighted by molar-refractivity contribution is 8.93. The largest absolute Gasteiger partial charge is 0.493 e. The molecule has 0 unspecified atom stereocenters. The predicted octanol–water partition coefficient (Wildman–Crippen LogP) is 4.81. The molecule has 202 valence electrons. The lowest BCUT2D eigenvalue weighted by atomic mass is 9.84. The summed E-state index contributed by atoms with van der Waals surface area (Å²) in [7, 11) is 5.43. The van der Waals surface area contributed by atoms with Gasteiger partial charge in [0.1, 0.15) is 17.3 Å². The van der Waals surface area contributed by atoms with Gasteiger partial charge in [0.2, 0.25) is 0 Å². The van der Waals surface area contributed by atoms with Crippen molar-refractivity contribution >= 4 is 40.2 Å². The highest BCUT2D eigenvalue weighted by atomic mass is 79.9. The third-order valence-electron chi connectivity index (χ3n) is 6.21. The lowest BCUT2D eigenvalue weighted by Gasteiger charge is -2.28. The summed E-state index contributed by atoms with van der Waals surface area (Å²) in [6.45, 7) is 11.5. The van der Waals surface area contributed by atoms with Gasteiger partial charge in [-0.15, -0.1) is 17.0 Å². The van der Waals surface area contributed by atoms with E-state index < -0.39 is 0 Å². The smallest absolute Gasteiger partial charge is 0.254 e. The van der Waals surface area contributed by atoms with Crippen LogP contribution >= 0.6 is 17.0 Å². The Labute approximate surface area is 230 Å². The molecule has 0 aromatic heterocycles. The summed E-state index contributed by atoms with van der Waals surface area (Å²) in [6, 6.07) is 7.28. The van der Waals surface area contributed by atoms with Crippen LogP contribution in [0.4, 0.5) is 5.69 Å². The number of hydrogen-bond donors (Lipinski definition) is 2. The van der Waals surface area contributed by atoms with Crippen molar-refractivity contribution < 1.29 is 19.1 Å². The van der Waals surface area contributed by atoms with E-state index >= 15 is 0 Å². The van der Waals surface area contributed by atoms with Crippen LogP contribution < -0.4 is 19.7 Å². The summed E-state index contributed by atoms with van der Waals surface area (Å²) in [5.41, 5.74) is 4.05. The number of hydrogen-bond acceptors (Lipinski definition) is 6. The Bertz CT molecular complexity index is 1190. The fourth-order valence-electron chi connectivity index (χ4n) is 4.37. The highest BCUT2D eigenvalue weighted by Crippen LogP contribution is 2.40. The van der Waals surface area contributed by atoms with Crippen LogP contribution in [0.5, 0.6) is 11.5 Å². The Balaban J connectivity index is 0.00000481. The molecule has 2 aromatic carbocycles. The van der Waals surface area contributed by atoms with Gasteiger partial charge in [-0.1, -0.05) is 20.8 Å². The Morgan fingerprint density at radius 3 is 2.27 bits per heavy atom. The molecular weight excluding hydrogens is 536 g/mol. The molecule has 0 fully saturated rings. The normalized spacial score (nSPS) is 12.5. The van der Waals surface area contributed by atoms with Crippen LogP contribution in [0.25, 0.3) is 0 Å². The van der Waals surface area contributed by atoms with Crippen molar-refractivity contribution in [3.63, 3.8) is 0 Å². The molecule has 0 saturated carbocycles. The van der Waals surface area contributed by atoms with Gasteiger partial charge in [-0.25, -0.2) is 0 Å². The van der Waals surface area contributed by atoms with E-state index in [1.807, 2.05) is 45.0 Å². The molecule has 1 aliphatic heterocycles. The second kappa shape index (κ2) is 12.0. The first-order valence-electron chi connectivity index (χ1n) is 12.3. The maximum Gasteiger partial charge on any atom is 0.254 e. The van der Waals surface area contributed by atoms with Crippen molar-refractivity contribution in [1.82, 2.24) is 10.2 Å². The Morgan fingerprint density at radius 2 is 1.73 bits per heavy atom. The van der Waals surface area contributed by atoms with Crippen molar-refractivity contribution in [2.24, 2.45) is 0 Å². The number of carbonyl (C=O) groups excluding carboxylic acids is 2. The fraction of sp³-hybridized carbons (Fsp3) is 0.464. The van der Waals surface area contributed by atoms with Crippen molar-refractivity contribution in [2.75, 3.05) is 45.8 Å². The van der Waals surface area contributed by atoms with Crippen LogP contribution in [-0.2, 0) is 12.0 Å². The van der Waals surface area contributed by atoms with E-state index in [1.165, 1.54) is 0 Å². The topological polar surface area (TPSA) is 95.0 Å². The van der Waals surface area contributed by atoms with Crippen LogP contribution in [0.2, 0.25) is 0 Å². The summed E-state index contributed by atoms with van der Waals surface area (Å²) in [6.07, 6.45) is 0. The van der Waals surface area contributed by atoms with Gasteiger partial charge in [0.25, 0.3) is 5.91 Å². The molecule has 1 aliphatic rings. The number of ketones is 1. The average Bonchev–Trinajstić information content (AvgIpc) is 3.11. The Morgan fingerprint density at radius 1 is 1.08 bits per heavy atom. The minimum Gasteiger partial charge on any atom is -0.493 e. The molecule has 9 heteroatoms. The van der Waals surface area contributed by atoms with Crippen LogP contribution in [0, 0.1) is 5.41 Å². The number of ether oxygens (including phenoxy) is 2. The number of benzene rings is 2. The molecule has 1 amide bonds. The number of fused-ring (bicyclic) bond motifs is 1. The standard InChI is InChI=1S/C28H38N4O4.BrH/c1-9-35-24-13-18-15-32(26(29)19(18)14-20(24)27(34)30-6)16-23(33)17-11-21(28(3,4)5)25(36-10-2)22(12-17)31(7)8;/h11-14,29H,9-10,15-16H2,1-8H3,(H,30,34);1H. The van der Waals surface area contributed by atoms with Crippen molar-refractivity contribution in [3.05, 3.63) is 52.1 Å². The van der Waals surface area contributed by atoms with Crippen molar-refractivity contribution in [1.29, 1.82) is 5.41 Å². The zero-order valence-corrected chi connectivity index (χ0v) is 24.8. The van der Waals surface area contributed by atoms with Gasteiger partial charge >= 0.3 is 0 Å². The molecule has 0 saturated heterocycles. The second-order valence-corrected chi connectivity index (χ2v) is 10.1. The molecule has 37 heavy (non-hydrogen) atoms. The van der Waals surface area contributed by atoms with E-state index in [0.717, 1.165) is 22.6 Å². The number of anilines is 1. The van der Waals surface area contributed by atoms with E-state index in [9.17, 15) is 9.59 Å². The summed E-state index contributed by atoms with van der Waals surface area (Å²) in [5.74, 6) is 1.14. The van der Waals surface area contributed by atoms with Gasteiger partial charge in [-0.2, -0.15) is 0 Å². The van der Waals surface area contributed by atoms with Crippen molar-refractivity contribution in [2.45, 2.75) is 46.6 Å². The van der Waals surface area contributed by atoms with Crippen LogP contribution in [0.1, 0.15) is 72.0 Å². The molecule has 3 rings (SSSR count). The van der Waals surface area contributed by atoms with E-state index in [-0.39, 0.29) is 46.5 Å². The number of carbonyl (C=O) groups is 2. The first-order valence-corrected chi connectivity index (χ1v) is 12.3. The molecular formula is C28H39BrN4O4. The summed E-state index contributed by atoms with van der Waals surface area (Å²) >= 11 is 0. The molecule has 2 N–H and O–H groups in total. The Kier molecular flexibility index (Phi) is 9.77. The second-order valence-electron chi connectivity index (χ2n) is 10.1. The molecule has 0 atom stereocenters. The molecule has 0 spiro atoms. The SMILES string of the molecule is Br.CCOc1cc2c(cc1C(=O)NC)C(=N)N(CC(=O)c1cc(N(C)C)c(OCC)c(C(C)(C)C)c1)C2. The van der Waals surface area contributed by atoms with Gasteiger partial charge in [0.15, 0.2) is 5.78 Å². The number of amidine groups is 1. The minimum atomic E-state index is -0.274. The first-order chi connectivity index (χ1) is 16.9. The third kappa shape index (κ3) is 6.26. The molecule has 8 nitrogen and oxygen atoms in total. The van der Waals surface area contributed by atoms with Crippen LogP contribution in [-0.4, -0.2) is 63.3 Å². The Hall–Kier alpha value is -3.07. The van der Waals surface area contributed by atoms with Crippen LogP contribution in [0.3, 0.4) is 0 Å². The zero-order chi connectivity index (χ0) is 26.8. The van der Waals surface area contributed by atoms with Gasteiger partial charge in [0.05, 0.1) is 31.0 Å².